The van der Waals surface area contributed by atoms with Crippen molar-refractivity contribution in [3.8, 4) is 0 Å². The Hall–Kier alpha value is -2.86. The van der Waals surface area contributed by atoms with E-state index < -0.39 is 5.95 Å². The van der Waals surface area contributed by atoms with Gasteiger partial charge in [-0.1, -0.05) is 23.7 Å². The molecule has 0 aliphatic rings. The maximum Gasteiger partial charge on any atom is 0.216 e. The number of H-pyrrole nitrogens is 1. The second kappa shape index (κ2) is 7.40. The summed E-state index contributed by atoms with van der Waals surface area (Å²) in [4.78, 5) is 19.7. The van der Waals surface area contributed by atoms with E-state index in [4.69, 9.17) is 11.6 Å². The molecule has 0 amide bonds. The van der Waals surface area contributed by atoms with Crippen LogP contribution in [0, 0.1) is 12.9 Å². The van der Waals surface area contributed by atoms with Gasteiger partial charge in [0.2, 0.25) is 5.95 Å². The number of aryl methyl sites for hydroxylation is 3. The quantitative estimate of drug-likeness (QED) is 0.525. The molecule has 0 unspecified atom stereocenters. The van der Waals surface area contributed by atoms with Crippen molar-refractivity contribution in [2.24, 2.45) is 0 Å². The second-order valence-electron chi connectivity index (χ2n) is 6.42. The number of aromatic nitrogens is 5. The van der Waals surface area contributed by atoms with E-state index in [2.05, 4.69) is 24.9 Å². The number of rotatable bonds is 5. The maximum atomic E-state index is 14.5. The lowest BCUT2D eigenvalue weighted by molar-refractivity contribution is 0.563. The average molecular weight is 382 g/mol. The summed E-state index contributed by atoms with van der Waals surface area (Å²) in [5, 5.41) is 1.40. The Morgan fingerprint density at radius 3 is 2.70 bits per heavy atom. The van der Waals surface area contributed by atoms with Crippen LogP contribution in [-0.4, -0.2) is 24.9 Å². The molecule has 4 aromatic heterocycles. The van der Waals surface area contributed by atoms with Crippen LogP contribution in [0.15, 0.2) is 43.0 Å². The Kier molecular flexibility index (Phi) is 4.81. The minimum Gasteiger partial charge on any atom is -0.346 e. The highest BCUT2D eigenvalue weighted by molar-refractivity contribution is 6.29. The van der Waals surface area contributed by atoms with Gasteiger partial charge in [0, 0.05) is 35.5 Å². The molecule has 4 aromatic rings. The summed E-state index contributed by atoms with van der Waals surface area (Å²) in [5.41, 5.74) is 4.90. The van der Waals surface area contributed by atoms with Crippen LogP contribution in [0.2, 0.25) is 5.15 Å². The molecule has 0 aliphatic carbocycles. The summed E-state index contributed by atoms with van der Waals surface area (Å²) < 4.78 is 14.5. The highest BCUT2D eigenvalue weighted by Crippen LogP contribution is 2.22. The van der Waals surface area contributed by atoms with Crippen molar-refractivity contribution >= 4 is 22.6 Å². The molecule has 0 saturated carbocycles. The van der Waals surface area contributed by atoms with Crippen molar-refractivity contribution in [1.29, 1.82) is 0 Å². The van der Waals surface area contributed by atoms with Gasteiger partial charge in [-0.15, -0.1) is 0 Å². The number of halogens is 2. The summed E-state index contributed by atoms with van der Waals surface area (Å²) in [6.45, 7) is 1.92. The predicted octanol–water partition coefficient (Wildman–Crippen LogP) is 4.22. The largest absolute Gasteiger partial charge is 0.346 e. The van der Waals surface area contributed by atoms with Gasteiger partial charge in [-0.3, -0.25) is 0 Å². The third kappa shape index (κ3) is 3.80. The fourth-order valence-corrected chi connectivity index (χ4v) is 3.25. The van der Waals surface area contributed by atoms with E-state index in [0.717, 1.165) is 34.3 Å². The zero-order chi connectivity index (χ0) is 18.8. The maximum absolute atomic E-state index is 14.5. The summed E-state index contributed by atoms with van der Waals surface area (Å²) in [6.07, 6.45) is 6.91. The zero-order valence-electron chi connectivity index (χ0n) is 14.7. The first-order chi connectivity index (χ1) is 13.1. The van der Waals surface area contributed by atoms with Crippen LogP contribution in [-0.2, 0) is 19.3 Å². The fourth-order valence-electron chi connectivity index (χ4n) is 3.14. The number of nitrogens with one attached hydrogen (secondary N) is 1. The van der Waals surface area contributed by atoms with Crippen LogP contribution in [0.1, 0.15) is 28.1 Å². The van der Waals surface area contributed by atoms with Crippen LogP contribution in [0.3, 0.4) is 0 Å². The molecule has 0 aliphatic heterocycles. The fraction of sp³-hybridized carbons (Fsp3) is 0.200. The summed E-state index contributed by atoms with van der Waals surface area (Å²) in [5.74, 6) is -0.439. The van der Waals surface area contributed by atoms with Crippen LogP contribution < -0.4 is 0 Å². The van der Waals surface area contributed by atoms with Gasteiger partial charge < -0.3 is 4.98 Å². The second-order valence-corrected chi connectivity index (χ2v) is 6.80. The molecule has 5 nitrogen and oxygen atoms in total. The molecule has 136 valence electrons. The number of aromatic amines is 1. The topological polar surface area (TPSA) is 67.3 Å². The molecule has 4 rings (SSSR count). The molecule has 0 fully saturated rings. The number of pyridine rings is 2. The average Bonchev–Trinajstić information content (AvgIpc) is 3.07. The number of fused-ring (bicyclic) bond motifs is 1. The lowest BCUT2D eigenvalue weighted by atomic mass is 10.0. The molecule has 0 radical (unpaired) electrons. The Labute approximate surface area is 160 Å². The highest BCUT2D eigenvalue weighted by Gasteiger charge is 2.12. The number of hydrogen-bond acceptors (Lipinski definition) is 4. The van der Waals surface area contributed by atoms with Gasteiger partial charge >= 0.3 is 0 Å². The van der Waals surface area contributed by atoms with E-state index in [-0.39, 0.29) is 0 Å². The SMILES string of the molecule is Cc1ncnc2[nH]cc(Cc3ccc(CCc4ccc(Cl)nc4)nc3F)c12. The van der Waals surface area contributed by atoms with E-state index >= 15 is 0 Å². The Morgan fingerprint density at radius 2 is 1.93 bits per heavy atom. The molecule has 7 heteroatoms. The lowest BCUT2D eigenvalue weighted by Crippen LogP contribution is -2.01. The van der Waals surface area contributed by atoms with E-state index in [1.807, 2.05) is 25.3 Å². The van der Waals surface area contributed by atoms with Crippen molar-refractivity contribution in [2.45, 2.75) is 26.2 Å². The third-order valence-electron chi connectivity index (χ3n) is 4.56. The molecule has 27 heavy (non-hydrogen) atoms. The number of nitrogens with zero attached hydrogens (tertiary/aromatic N) is 4. The Morgan fingerprint density at radius 1 is 1.04 bits per heavy atom. The molecular weight excluding hydrogens is 365 g/mol. The monoisotopic (exact) mass is 381 g/mol. The molecule has 0 bridgehead atoms. The first-order valence-electron chi connectivity index (χ1n) is 8.62. The van der Waals surface area contributed by atoms with Gasteiger partial charge in [0.1, 0.15) is 17.1 Å². The standard InChI is InChI=1S/C20H17ClFN5/c1-12-18-15(10-24-20(18)26-11-25-12)8-14-4-6-16(27-19(14)22)5-2-13-3-7-17(21)23-9-13/h3-4,6-7,9-11H,2,5,8H2,1H3,(H,24,25,26). The lowest BCUT2D eigenvalue weighted by Gasteiger charge is -2.06. The number of hydrogen-bond donors (Lipinski definition) is 1. The van der Waals surface area contributed by atoms with Crippen molar-refractivity contribution in [3.63, 3.8) is 0 Å². The summed E-state index contributed by atoms with van der Waals surface area (Å²) >= 11 is 5.79. The Bertz CT molecular complexity index is 1090. The third-order valence-corrected chi connectivity index (χ3v) is 4.79. The molecule has 0 spiro atoms. The highest BCUT2D eigenvalue weighted by atomic mass is 35.5. The summed E-state index contributed by atoms with van der Waals surface area (Å²) in [6, 6.07) is 7.35. The normalized spacial score (nSPS) is 11.2. The van der Waals surface area contributed by atoms with E-state index in [1.165, 1.54) is 6.33 Å². The minimum atomic E-state index is -0.439. The van der Waals surface area contributed by atoms with Crippen LogP contribution in [0.4, 0.5) is 4.39 Å². The Balaban J connectivity index is 1.50. The van der Waals surface area contributed by atoms with Crippen LogP contribution in [0.25, 0.3) is 11.0 Å². The van der Waals surface area contributed by atoms with Gasteiger partial charge in [-0.2, -0.15) is 4.39 Å². The van der Waals surface area contributed by atoms with Gasteiger partial charge in [0.15, 0.2) is 0 Å². The molecule has 0 aromatic carbocycles. The molecule has 0 saturated heterocycles. The first-order valence-corrected chi connectivity index (χ1v) is 9.00. The zero-order valence-corrected chi connectivity index (χ0v) is 15.5. The predicted molar refractivity (Wildman–Crippen MR) is 102 cm³/mol. The molecule has 0 atom stereocenters. The van der Waals surface area contributed by atoms with E-state index in [1.54, 1.807) is 18.3 Å². The van der Waals surface area contributed by atoms with Gasteiger partial charge in [0.05, 0.1) is 5.69 Å². The van der Waals surface area contributed by atoms with Crippen LogP contribution in [0.5, 0.6) is 0 Å². The van der Waals surface area contributed by atoms with Crippen molar-refractivity contribution in [2.75, 3.05) is 0 Å². The van der Waals surface area contributed by atoms with E-state index in [9.17, 15) is 4.39 Å². The van der Waals surface area contributed by atoms with Crippen molar-refractivity contribution in [3.05, 3.63) is 82.2 Å². The molecular formula is C20H17ClFN5. The first kappa shape index (κ1) is 17.5. The molecule has 1 N–H and O–H groups in total. The van der Waals surface area contributed by atoms with Gasteiger partial charge in [-0.25, -0.2) is 19.9 Å². The molecule has 4 heterocycles. The summed E-state index contributed by atoms with van der Waals surface area (Å²) in [7, 11) is 0. The van der Waals surface area contributed by atoms with Crippen molar-refractivity contribution in [1.82, 2.24) is 24.9 Å². The van der Waals surface area contributed by atoms with Gasteiger partial charge in [-0.05, 0) is 43.0 Å². The minimum absolute atomic E-state index is 0.439. The van der Waals surface area contributed by atoms with E-state index in [0.29, 0.717) is 29.3 Å². The van der Waals surface area contributed by atoms with Gasteiger partial charge in [0.25, 0.3) is 0 Å². The van der Waals surface area contributed by atoms with Crippen molar-refractivity contribution < 1.29 is 4.39 Å². The van der Waals surface area contributed by atoms with Crippen LogP contribution >= 0.6 is 11.6 Å². The smallest absolute Gasteiger partial charge is 0.216 e.